The predicted molar refractivity (Wildman–Crippen MR) is 82.9 cm³/mol. The van der Waals surface area contributed by atoms with Crippen molar-refractivity contribution in [3.63, 3.8) is 0 Å². The summed E-state index contributed by atoms with van der Waals surface area (Å²) in [5.41, 5.74) is 1.32. The van der Waals surface area contributed by atoms with Crippen LogP contribution in [0.2, 0.25) is 0 Å². The number of nitrogens with one attached hydrogen (secondary N) is 2. The van der Waals surface area contributed by atoms with E-state index in [-0.39, 0.29) is 6.04 Å². The number of aromatic nitrogens is 3. The van der Waals surface area contributed by atoms with Crippen LogP contribution in [0.1, 0.15) is 11.6 Å². The highest BCUT2D eigenvalue weighted by molar-refractivity contribution is 7.99. The summed E-state index contributed by atoms with van der Waals surface area (Å²) in [7, 11) is 1.99. The molecule has 0 spiro atoms. The molecule has 0 saturated carbocycles. The molecular weight excluding hydrogens is 268 g/mol. The maximum Gasteiger partial charge on any atom is 0.183 e. The fourth-order valence-electron chi connectivity index (χ4n) is 2.31. The lowest BCUT2D eigenvalue weighted by Gasteiger charge is -2.17. The van der Waals surface area contributed by atoms with Crippen molar-refractivity contribution in [3.8, 4) is 0 Å². The molecule has 0 radical (unpaired) electrons. The molecule has 1 atom stereocenters. The van der Waals surface area contributed by atoms with Crippen LogP contribution in [-0.4, -0.2) is 28.0 Å². The topological polar surface area (TPSA) is 53.6 Å². The second kappa shape index (κ2) is 6.07. The summed E-state index contributed by atoms with van der Waals surface area (Å²) in [4.78, 5) is 4.15. The zero-order valence-electron chi connectivity index (χ0n) is 11.2. The van der Waals surface area contributed by atoms with E-state index in [4.69, 9.17) is 0 Å². The van der Waals surface area contributed by atoms with Gasteiger partial charge in [0.05, 0.1) is 0 Å². The maximum absolute atomic E-state index is 4.15. The Balaban J connectivity index is 1.87. The van der Waals surface area contributed by atoms with Gasteiger partial charge in [0.15, 0.2) is 5.16 Å². The largest absolute Gasteiger partial charge is 0.312 e. The fraction of sp³-hybridized carbons (Fsp3) is 0.200. The summed E-state index contributed by atoms with van der Waals surface area (Å²) in [6.45, 7) is 0. The first-order valence-electron chi connectivity index (χ1n) is 6.51. The van der Waals surface area contributed by atoms with Gasteiger partial charge in [-0.1, -0.05) is 54.2 Å². The molecule has 0 aliphatic rings. The van der Waals surface area contributed by atoms with Gasteiger partial charge in [-0.2, -0.15) is 5.10 Å². The monoisotopic (exact) mass is 284 g/mol. The summed E-state index contributed by atoms with van der Waals surface area (Å²) in [5.74, 6) is 0.902. The van der Waals surface area contributed by atoms with Gasteiger partial charge in [-0.25, -0.2) is 4.98 Å². The Morgan fingerprint density at radius 1 is 1.20 bits per heavy atom. The summed E-state index contributed by atoms with van der Waals surface area (Å²) in [6, 6.07) is 15.2. The van der Waals surface area contributed by atoms with E-state index in [0.29, 0.717) is 0 Å². The quantitative estimate of drug-likeness (QED) is 0.707. The SMILES string of the molecule is CNC(CSc1ncn[nH]1)c1cccc2ccccc12. The molecule has 0 amide bonds. The summed E-state index contributed by atoms with van der Waals surface area (Å²) >= 11 is 1.67. The van der Waals surface area contributed by atoms with Gasteiger partial charge in [-0.3, -0.25) is 5.10 Å². The van der Waals surface area contributed by atoms with Crippen LogP contribution < -0.4 is 5.32 Å². The van der Waals surface area contributed by atoms with Crippen LogP contribution >= 0.6 is 11.8 Å². The van der Waals surface area contributed by atoms with Crippen molar-refractivity contribution >= 4 is 22.5 Å². The van der Waals surface area contributed by atoms with Crippen LogP contribution in [-0.2, 0) is 0 Å². The predicted octanol–water partition coefficient (Wildman–Crippen LogP) is 3.01. The highest BCUT2D eigenvalue weighted by Crippen LogP contribution is 2.27. The number of fused-ring (bicyclic) bond motifs is 1. The molecule has 0 aliphatic carbocycles. The van der Waals surface area contributed by atoms with Crippen molar-refractivity contribution in [1.82, 2.24) is 20.5 Å². The molecule has 0 aliphatic heterocycles. The fourth-order valence-corrected chi connectivity index (χ4v) is 3.22. The molecule has 1 unspecified atom stereocenters. The molecule has 0 bridgehead atoms. The van der Waals surface area contributed by atoms with Gasteiger partial charge in [0.2, 0.25) is 0 Å². The lowest BCUT2D eigenvalue weighted by Crippen LogP contribution is -2.19. The highest BCUT2D eigenvalue weighted by Gasteiger charge is 2.13. The number of rotatable bonds is 5. The minimum Gasteiger partial charge on any atom is -0.312 e. The van der Waals surface area contributed by atoms with Gasteiger partial charge in [0.25, 0.3) is 0 Å². The zero-order chi connectivity index (χ0) is 13.8. The molecule has 2 N–H and O–H groups in total. The first-order valence-corrected chi connectivity index (χ1v) is 7.50. The van der Waals surface area contributed by atoms with Crippen LogP contribution in [0, 0.1) is 0 Å². The van der Waals surface area contributed by atoms with E-state index in [0.717, 1.165) is 10.9 Å². The van der Waals surface area contributed by atoms with Crippen molar-refractivity contribution in [2.45, 2.75) is 11.2 Å². The molecule has 0 saturated heterocycles. The van der Waals surface area contributed by atoms with E-state index >= 15 is 0 Å². The van der Waals surface area contributed by atoms with Crippen LogP contribution in [0.3, 0.4) is 0 Å². The van der Waals surface area contributed by atoms with Gasteiger partial charge in [-0.05, 0) is 23.4 Å². The zero-order valence-corrected chi connectivity index (χ0v) is 12.0. The molecule has 1 heterocycles. The average Bonchev–Trinajstić information content (AvgIpc) is 3.01. The number of H-pyrrole nitrogens is 1. The standard InChI is InChI=1S/C15H16N4S/c1-16-14(9-20-15-17-10-18-19-15)13-8-4-6-11-5-2-3-7-12(11)13/h2-8,10,14,16H,9H2,1H3,(H,17,18,19). The van der Waals surface area contributed by atoms with Crippen LogP contribution in [0.15, 0.2) is 53.9 Å². The van der Waals surface area contributed by atoms with E-state index in [1.807, 2.05) is 7.05 Å². The minimum absolute atomic E-state index is 0.274. The highest BCUT2D eigenvalue weighted by atomic mass is 32.2. The van der Waals surface area contributed by atoms with Crippen molar-refractivity contribution in [2.75, 3.05) is 12.8 Å². The van der Waals surface area contributed by atoms with Crippen molar-refractivity contribution in [3.05, 3.63) is 54.4 Å². The second-order valence-electron chi connectivity index (χ2n) is 4.51. The number of thioether (sulfide) groups is 1. The molecule has 20 heavy (non-hydrogen) atoms. The van der Waals surface area contributed by atoms with E-state index in [2.05, 4.69) is 63.0 Å². The Hall–Kier alpha value is -1.85. The normalized spacial score (nSPS) is 12.7. The minimum atomic E-state index is 0.274. The molecule has 1 aromatic heterocycles. The molecule has 5 heteroatoms. The van der Waals surface area contributed by atoms with E-state index in [9.17, 15) is 0 Å². The van der Waals surface area contributed by atoms with E-state index in [1.54, 1.807) is 11.8 Å². The molecule has 102 valence electrons. The van der Waals surface area contributed by atoms with Crippen molar-refractivity contribution in [2.24, 2.45) is 0 Å². The maximum atomic E-state index is 4.15. The van der Waals surface area contributed by atoms with Crippen LogP contribution in [0.25, 0.3) is 10.8 Å². The average molecular weight is 284 g/mol. The Labute approximate surface area is 122 Å². The lowest BCUT2D eigenvalue weighted by molar-refractivity contribution is 0.666. The third-order valence-electron chi connectivity index (χ3n) is 3.33. The number of benzene rings is 2. The third kappa shape index (κ3) is 2.69. The summed E-state index contributed by atoms with van der Waals surface area (Å²) in [6.07, 6.45) is 1.54. The first-order chi connectivity index (χ1) is 9.88. The lowest BCUT2D eigenvalue weighted by atomic mass is 10.00. The smallest absolute Gasteiger partial charge is 0.183 e. The van der Waals surface area contributed by atoms with Crippen LogP contribution in [0.5, 0.6) is 0 Å². The molecule has 2 aromatic carbocycles. The van der Waals surface area contributed by atoms with Gasteiger partial charge in [0.1, 0.15) is 6.33 Å². The molecule has 0 fully saturated rings. The molecule has 3 rings (SSSR count). The number of hydrogen-bond acceptors (Lipinski definition) is 4. The van der Waals surface area contributed by atoms with Gasteiger partial charge in [0, 0.05) is 11.8 Å². The molecular formula is C15H16N4S. The Bertz CT molecular complexity index is 676. The molecule has 3 aromatic rings. The van der Waals surface area contributed by atoms with Gasteiger partial charge in [-0.15, -0.1) is 0 Å². The van der Waals surface area contributed by atoms with Gasteiger partial charge < -0.3 is 5.32 Å². The number of nitrogens with zero attached hydrogens (tertiary/aromatic N) is 2. The van der Waals surface area contributed by atoms with E-state index in [1.165, 1.54) is 22.7 Å². The van der Waals surface area contributed by atoms with Crippen LogP contribution in [0.4, 0.5) is 0 Å². The second-order valence-corrected chi connectivity index (χ2v) is 5.52. The molecule has 4 nitrogen and oxygen atoms in total. The summed E-state index contributed by atoms with van der Waals surface area (Å²) < 4.78 is 0. The Morgan fingerprint density at radius 3 is 2.85 bits per heavy atom. The third-order valence-corrected chi connectivity index (χ3v) is 4.30. The van der Waals surface area contributed by atoms with Crippen molar-refractivity contribution < 1.29 is 0 Å². The Morgan fingerprint density at radius 2 is 2.05 bits per heavy atom. The Kier molecular flexibility index (Phi) is 3.99. The first kappa shape index (κ1) is 13.1. The van der Waals surface area contributed by atoms with E-state index < -0.39 is 0 Å². The number of hydrogen-bond donors (Lipinski definition) is 2. The van der Waals surface area contributed by atoms with Gasteiger partial charge >= 0.3 is 0 Å². The number of aromatic amines is 1. The summed E-state index contributed by atoms with van der Waals surface area (Å²) in [5, 5.41) is 13.6. The van der Waals surface area contributed by atoms with Crippen molar-refractivity contribution in [1.29, 1.82) is 0 Å².